The maximum absolute atomic E-state index is 13.4. The summed E-state index contributed by atoms with van der Waals surface area (Å²) in [5.41, 5.74) is 1.59. The van der Waals surface area contributed by atoms with Gasteiger partial charge in [-0.3, -0.25) is 0 Å². The highest BCUT2D eigenvalue weighted by Crippen LogP contribution is 2.34. The average Bonchev–Trinajstić information content (AvgIpc) is 3.17. The Morgan fingerprint density at radius 3 is 1.57 bits per heavy atom. The quantitative estimate of drug-likeness (QED) is 0.601. The molecule has 1 aromatic rings. The molecule has 1 fully saturated rings. The van der Waals surface area contributed by atoms with Crippen LogP contribution in [0.1, 0.15) is 46.1 Å². The normalized spacial score (nSPS) is 15.8. The Morgan fingerprint density at radius 1 is 0.786 bits per heavy atom. The van der Waals surface area contributed by atoms with Crippen molar-refractivity contribution in [3.63, 3.8) is 0 Å². The van der Waals surface area contributed by atoms with E-state index >= 15 is 0 Å². The monoisotopic (exact) mass is 431 g/mol. The summed E-state index contributed by atoms with van der Waals surface area (Å²) in [6.07, 6.45) is 2.11. The van der Waals surface area contributed by atoms with Gasteiger partial charge in [0, 0.05) is 45.0 Å². The zero-order valence-corrected chi connectivity index (χ0v) is 19.2. The van der Waals surface area contributed by atoms with E-state index in [4.69, 9.17) is 0 Å². The lowest BCUT2D eigenvalue weighted by Gasteiger charge is -2.27. The van der Waals surface area contributed by atoms with Gasteiger partial charge >= 0.3 is 0 Å². The summed E-state index contributed by atoms with van der Waals surface area (Å²) >= 11 is 0. The van der Waals surface area contributed by atoms with Crippen LogP contribution in [-0.4, -0.2) is 64.7 Å². The highest BCUT2D eigenvalue weighted by molar-refractivity contribution is 7.92. The van der Waals surface area contributed by atoms with Crippen molar-refractivity contribution in [3.8, 4) is 0 Å². The Labute approximate surface area is 170 Å². The Kier molecular flexibility index (Phi) is 7.52. The van der Waals surface area contributed by atoms with E-state index in [0.717, 1.165) is 37.2 Å². The molecule has 0 radical (unpaired) electrons. The average molecular weight is 432 g/mol. The highest BCUT2D eigenvalue weighted by atomic mass is 32.2. The third-order valence-electron chi connectivity index (χ3n) is 5.36. The maximum atomic E-state index is 13.4. The van der Waals surface area contributed by atoms with Gasteiger partial charge in [0.05, 0.1) is 0 Å². The molecule has 0 N–H and O–H groups in total. The van der Waals surface area contributed by atoms with Crippen LogP contribution < -0.4 is 4.90 Å². The molecule has 9 heteroatoms. The van der Waals surface area contributed by atoms with Crippen LogP contribution in [0, 0.1) is 6.92 Å². The summed E-state index contributed by atoms with van der Waals surface area (Å²) in [5, 5.41) is 0. The topological polar surface area (TPSA) is 78.0 Å². The lowest BCUT2D eigenvalue weighted by molar-refractivity contribution is 0.434. The van der Waals surface area contributed by atoms with Gasteiger partial charge in [-0.05, 0) is 37.5 Å². The summed E-state index contributed by atoms with van der Waals surface area (Å²) in [6.45, 7) is 11.7. The van der Waals surface area contributed by atoms with Crippen molar-refractivity contribution in [2.75, 3.05) is 44.2 Å². The number of rotatable bonds is 9. The van der Waals surface area contributed by atoms with Crippen LogP contribution in [0.25, 0.3) is 0 Å². The highest BCUT2D eigenvalue weighted by Gasteiger charge is 2.34. The lowest BCUT2D eigenvalue weighted by atomic mass is 10.2. The first-order valence-electron chi connectivity index (χ1n) is 10.0. The molecule has 0 saturated carbocycles. The second kappa shape index (κ2) is 9.11. The lowest BCUT2D eigenvalue weighted by Crippen LogP contribution is -2.35. The van der Waals surface area contributed by atoms with Crippen molar-refractivity contribution < 1.29 is 16.8 Å². The molecule has 0 atom stereocenters. The Bertz CT molecular complexity index is 884. The van der Waals surface area contributed by atoms with Crippen LogP contribution in [0.5, 0.6) is 0 Å². The molecule has 1 saturated heterocycles. The van der Waals surface area contributed by atoms with E-state index in [1.165, 1.54) is 14.7 Å². The summed E-state index contributed by atoms with van der Waals surface area (Å²) in [6, 6.07) is 3.11. The van der Waals surface area contributed by atoms with Gasteiger partial charge < -0.3 is 4.90 Å². The molecular formula is C19H33N3O4S2. The van der Waals surface area contributed by atoms with Gasteiger partial charge in [-0.2, -0.15) is 8.61 Å². The van der Waals surface area contributed by atoms with Crippen LogP contribution in [0.4, 0.5) is 5.69 Å². The van der Waals surface area contributed by atoms with Crippen molar-refractivity contribution in [1.82, 2.24) is 8.61 Å². The molecule has 0 bridgehead atoms. The van der Waals surface area contributed by atoms with E-state index in [0.29, 0.717) is 0 Å². The minimum Gasteiger partial charge on any atom is -0.371 e. The molecule has 160 valence electrons. The fourth-order valence-electron chi connectivity index (χ4n) is 3.76. The number of hydrogen-bond acceptors (Lipinski definition) is 5. The predicted molar refractivity (Wildman–Crippen MR) is 113 cm³/mol. The summed E-state index contributed by atoms with van der Waals surface area (Å²) in [4.78, 5) is 1.91. The number of nitrogens with zero attached hydrogens (tertiary/aromatic N) is 3. The van der Waals surface area contributed by atoms with E-state index < -0.39 is 20.0 Å². The molecule has 0 aliphatic carbocycles. The smallest absolute Gasteiger partial charge is 0.244 e. The molecule has 28 heavy (non-hydrogen) atoms. The van der Waals surface area contributed by atoms with Gasteiger partial charge in [-0.15, -0.1) is 0 Å². The third kappa shape index (κ3) is 4.22. The standard InChI is InChI=1S/C19H33N3O4S2/c1-6-21(7-2)27(23,24)18-14-16(5)17(20-12-10-11-13-20)15-19(18)28(25,26)22(8-3)9-4/h14-15H,6-13H2,1-5H3. The zero-order chi connectivity index (χ0) is 21.1. The summed E-state index contributed by atoms with van der Waals surface area (Å²) in [5.74, 6) is 0. The largest absolute Gasteiger partial charge is 0.371 e. The first-order chi connectivity index (χ1) is 13.1. The number of anilines is 1. The molecule has 7 nitrogen and oxygen atoms in total. The van der Waals surface area contributed by atoms with E-state index in [9.17, 15) is 16.8 Å². The van der Waals surface area contributed by atoms with E-state index in [1.54, 1.807) is 33.8 Å². The van der Waals surface area contributed by atoms with E-state index in [2.05, 4.69) is 4.90 Å². The predicted octanol–water partition coefficient (Wildman–Crippen LogP) is 2.66. The van der Waals surface area contributed by atoms with Crippen LogP contribution >= 0.6 is 0 Å². The van der Waals surface area contributed by atoms with Crippen LogP contribution in [0.2, 0.25) is 0 Å². The number of aryl methyl sites for hydroxylation is 1. The van der Waals surface area contributed by atoms with Gasteiger partial charge in [0.2, 0.25) is 20.0 Å². The van der Waals surface area contributed by atoms with Gasteiger partial charge in [0.25, 0.3) is 0 Å². The van der Waals surface area contributed by atoms with Gasteiger partial charge in [-0.25, -0.2) is 16.8 Å². The van der Waals surface area contributed by atoms with Gasteiger partial charge in [0.1, 0.15) is 9.79 Å². The Balaban J connectivity index is 2.79. The third-order valence-corrected chi connectivity index (χ3v) is 9.66. The summed E-state index contributed by atoms with van der Waals surface area (Å²) in [7, 11) is -7.85. The van der Waals surface area contributed by atoms with E-state index in [-0.39, 0.29) is 36.0 Å². The molecule has 1 aliphatic heterocycles. The van der Waals surface area contributed by atoms with Crippen molar-refractivity contribution in [1.29, 1.82) is 0 Å². The Hall–Kier alpha value is -1.16. The maximum Gasteiger partial charge on any atom is 0.244 e. The van der Waals surface area contributed by atoms with Crippen LogP contribution in [-0.2, 0) is 20.0 Å². The first kappa shape index (κ1) is 23.1. The van der Waals surface area contributed by atoms with Crippen molar-refractivity contribution in [2.45, 2.75) is 57.3 Å². The zero-order valence-electron chi connectivity index (χ0n) is 17.6. The van der Waals surface area contributed by atoms with Gasteiger partial charge in [-0.1, -0.05) is 27.7 Å². The molecule has 0 aromatic heterocycles. The SMILES string of the molecule is CCN(CC)S(=O)(=O)c1cc(C)c(N2CCCC2)cc1S(=O)(=O)N(CC)CC. The van der Waals surface area contributed by atoms with Crippen molar-refractivity contribution in [3.05, 3.63) is 17.7 Å². The van der Waals surface area contributed by atoms with Gasteiger partial charge in [0.15, 0.2) is 0 Å². The Morgan fingerprint density at radius 2 is 1.18 bits per heavy atom. The van der Waals surface area contributed by atoms with Crippen LogP contribution in [0.15, 0.2) is 21.9 Å². The molecule has 0 spiro atoms. The van der Waals surface area contributed by atoms with E-state index in [1.807, 2.05) is 6.92 Å². The second-order valence-electron chi connectivity index (χ2n) is 6.96. The molecule has 1 aromatic carbocycles. The molecule has 0 amide bonds. The van der Waals surface area contributed by atoms with Crippen molar-refractivity contribution >= 4 is 25.7 Å². The number of benzene rings is 1. The van der Waals surface area contributed by atoms with Crippen molar-refractivity contribution in [2.24, 2.45) is 0 Å². The van der Waals surface area contributed by atoms with Crippen LogP contribution in [0.3, 0.4) is 0 Å². The fourth-order valence-corrected chi connectivity index (χ4v) is 7.52. The molecule has 2 rings (SSSR count). The first-order valence-corrected chi connectivity index (χ1v) is 12.9. The second-order valence-corrected chi connectivity index (χ2v) is 10.8. The minimum absolute atomic E-state index is 0.115. The summed E-state index contributed by atoms with van der Waals surface area (Å²) < 4.78 is 55.9. The number of hydrogen-bond donors (Lipinski definition) is 0. The molecule has 1 aliphatic rings. The molecule has 0 unspecified atom stereocenters. The molecular weight excluding hydrogens is 398 g/mol. The fraction of sp³-hybridized carbons (Fsp3) is 0.684. The number of sulfonamides is 2. The molecule has 1 heterocycles. The minimum atomic E-state index is -3.93.